The van der Waals surface area contributed by atoms with Crippen LogP contribution in [0.15, 0.2) is 48.5 Å². The molecule has 5 N–H and O–H groups in total. The Balaban J connectivity index is 1.82. The van der Waals surface area contributed by atoms with Crippen molar-refractivity contribution in [1.29, 1.82) is 0 Å². The third kappa shape index (κ3) is 9.99. The molecule has 3 rings (SSSR count). The van der Waals surface area contributed by atoms with Crippen molar-refractivity contribution in [1.82, 2.24) is 26.0 Å². The van der Waals surface area contributed by atoms with E-state index in [9.17, 15) is 27.6 Å². The fourth-order valence-electron chi connectivity index (χ4n) is 4.86. The molecule has 0 radical (unpaired) electrons. The summed E-state index contributed by atoms with van der Waals surface area (Å²) in [5.74, 6) is -2.01. The number of carbonyl (C=O) groups excluding carboxylic acids is 4. The van der Waals surface area contributed by atoms with Crippen molar-refractivity contribution < 1.29 is 32.3 Å². The molecule has 14 heteroatoms. The largest absolute Gasteiger partial charge is 0.465 e. The summed E-state index contributed by atoms with van der Waals surface area (Å²) in [6, 6.07) is 11.7. The highest BCUT2D eigenvalue weighted by Crippen LogP contribution is 2.24. The minimum absolute atomic E-state index is 0.0239. The van der Waals surface area contributed by atoms with Crippen LogP contribution in [0.2, 0.25) is 0 Å². The Hall–Kier alpha value is -4.01. The zero-order valence-electron chi connectivity index (χ0n) is 26.4. The number of methoxy groups -OCH3 is 1. The van der Waals surface area contributed by atoms with Crippen molar-refractivity contribution in [3.05, 3.63) is 65.2 Å². The predicted molar refractivity (Wildman–Crippen MR) is 171 cm³/mol. The molecule has 0 bridgehead atoms. The number of benzene rings is 2. The smallest absolute Gasteiger partial charge is 0.337 e. The Kier molecular flexibility index (Phi) is 12.9. The van der Waals surface area contributed by atoms with E-state index in [1.54, 1.807) is 6.92 Å². The zero-order chi connectivity index (χ0) is 33.1. The summed E-state index contributed by atoms with van der Waals surface area (Å²) in [5, 5.41) is 11.7. The molecule has 13 nitrogen and oxygen atoms in total. The van der Waals surface area contributed by atoms with Crippen molar-refractivity contribution in [3.8, 4) is 0 Å². The monoisotopic (exact) mass is 644 g/mol. The third-order valence-corrected chi connectivity index (χ3v) is 8.87. The van der Waals surface area contributed by atoms with E-state index in [0.717, 1.165) is 9.87 Å². The minimum atomic E-state index is -3.85. The molecule has 0 aromatic heterocycles. The first-order valence-electron chi connectivity index (χ1n) is 15.0. The summed E-state index contributed by atoms with van der Waals surface area (Å²) in [4.78, 5) is 51.6. The summed E-state index contributed by atoms with van der Waals surface area (Å²) < 4.78 is 33.9. The number of nitrogens with zero attached hydrogens (tertiary/aromatic N) is 1. The Morgan fingerprint density at radius 2 is 1.67 bits per heavy atom. The van der Waals surface area contributed by atoms with E-state index in [1.165, 1.54) is 25.3 Å². The molecule has 2 aromatic rings. The van der Waals surface area contributed by atoms with E-state index in [2.05, 4.69) is 26.0 Å². The van der Waals surface area contributed by atoms with E-state index >= 15 is 0 Å². The summed E-state index contributed by atoms with van der Waals surface area (Å²) in [7, 11) is -2.65. The fraction of sp³-hybridized carbons (Fsp3) is 0.484. The average molecular weight is 645 g/mol. The fourth-order valence-corrected chi connectivity index (χ4v) is 6.17. The van der Waals surface area contributed by atoms with Gasteiger partial charge in [-0.05, 0) is 56.4 Å². The Labute approximate surface area is 265 Å². The third-order valence-electron chi connectivity index (χ3n) is 7.32. The number of nitrogens with one attached hydrogen (secondary N) is 5. The quantitative estimate of drug-likeness (QED) is 0.190. The minimum Gasteiger partial charge on any atom is -0.465 e. The molecule has 1 aliphatic rings. The SMILES string of the molecule is CCNC(=O)[C@@H](NC(=O)[C@H](C)NC[C@H](Cc1ccccc1)NC(=O)c1cc(C(=O)OC)cc(N2CCCNS2(=O)=O)c1)C(C)C. The number of carbonyl (C=O) groups is 4. The van der Waals surface area contributed by atoms with Crippen LogP contribution in [0.1, 0.15) is 60.4 Å². The van der Waals surface area contributed by atoms with Gasteiger partial charge in [-0.3, -0.25) is 18.7 Å². The molecule has 246 valence electrons. The van der Waals surface area contributed by atoms with Gasteiger partial charge in [0.1, 0.15) is 6.04 Å². The first kappa shape index (κ1) is 35.5. The molecule has 2 aromatic carbocycles. The molecule has 45 heavy (non-hydrogen) atoms. The Morgan fingerprint density at radius 3 is 2.29 bits per heavy atom. The van der Waals surface area contributed by atoms with Crippen LogP contribution >= 0.6 is 0 Å². The number of anilines is 1. The highest BCUT2D eigenvalue weighted by atomic mass is 32.2. The van der Waals surface area contributed by atoms with Gasteiger partial charge in [-0.15, -0.1) is 0 Å². The normalized spacial score (nSPS) is 16.3. The molecule has 3 atom stereocenters. The van der Waals surface area contributed by atoms with Crippen LogP contribution in [0, 0.1) is 5.92 Å². The van der Waals surface area contributed by atoms with Gasteiger partial charge in [0.25, 0.3) is 5.91 Å². The maximum atomic E-state index is 13.6. The Morgan fingerprint density at radius 1 is 0.978 bits per heavy atom. The second-order valence-corrected chi connectivity index (χ2v) is 12.9. The number of ether oxygens (including phenoxy) is 1. The van der Waals surface area contributed by atoms with Crippen molar-refractivity contribution in [3.63, 3.8) is 0 Å². The maximum absolute atomic E-state index is 13.6. The Bertz CT molecular complexity index is 1450. The highest BCUT2D eigenvalue weighted by molar-refractivity contribution is 7.90. The van der Waals surface area contributed by atoms with Gasteiger partial charge in [-0.25, -0.2) is 4.79 Å². The summed E-state index contributed by atoms with van der Waals surface area (Å²) >= 11 is 0. The molecule has 1 aliphatic heterocycles. The molecule has 1 fully saturated rings. The molecule has 3 amide bonds. The highest BCUT2D eigenvalue weighted by Gasteiger charge is 2.29. The topological polar surface area (TPSA) is 175 Å². The number of amides is 3. The van der Waals surface area contributed by atoms with E-state index < -0.39 is 40.2 Å². The summed E-state index contributed by atoms with van der Waals surface area (Å²) in [6.07, 6.45) is 0.955. The molecule has 0 spiro atoms. The van der Waals surface area contributed by atoms with Crippen molar-refractivity contribution in [2.75, 3.05) is 37.6 Å². The van der Waals surface area contributed by atoms with Gasteiger partial charge >= 0.3 is 16.2 Å². The van der Waals surface area contributed by atoms with E-state index in [1.807, 2.05) is 51.1 Å². The zero-order valence-corrected chi connectivity index (χ0v) is 27.2. The molecule has 1 heterocycles. The van der Waals surface area contributed by atoms with Crippen molar-refractivity contribution in [2.45, 2.75) is 58.7 Å². The van der Waals surface area contributed by atoms with Gasteiger partial charge in [-0.1, -0.05) is 44.2 Å². The molecule has 0 saturated carbocycles. The van der Waals surface area contributed by atoms with Crippen molar-refractivity contribution >= 4 is 39.6 Å². The van der Waals surface area contributed by atoms with Crippen LogP contribution in [0.4, 0.5) is 5.69 Å². The van der Waals surface area contributed by atoms with E-state index in [4.69, 9.17) is 4.74 Å². The second kappa shape index (κ2) is 16.3. The predicted octanol–water partition coefficient (Wildman–Crippen LogP) is 1.11. The standard InChI is InChI=1S/C31H44N6O7S/c1-6-32-30(40)27(20(2)3)36-28(38)21(4)33-19-25(15-22-11-8-7-9-12-22)35-29(39)23-16-24(31(41)44-5)18-26(17-23)37-14-10-13-34-45(37,42)43/h7-9,11-12,16-18,20-21,25,27,33-34H,6,10,13-15,19H2,1-5H3,(H,32,40)(H,35,39)(H,36,38)/t21-,25-,27-/m0/s1. The molecule has 0 unspecified atom stereocenters. The molecule has 1 saturated heterocycles. The first-order valence-corrected chi connectivity index (χ1v) is 16.5. The van der Waals surface area contributed by atoms with Crippen LogP contribution in [0.5, 0.6) is 0 Å². The number of hydrogen-bond donors (Lipinski definition) is 5. The van der Waals surface area contributed by atoms with Crippen LogP contribution in [-0.4, -0.2) is 83.5 Å². The molecular formula is C31H44N6O7S. The van der Waals surface area contributed by atoms with Crippen LogP contribution in [-0.2, 0) is 31.0 Å². The number of esters is 1. The van der Waals surface area contributed by atoms with Gasteiger partial charge in [0.15, 0.2) is 0 Å². The maximum Gasteiger partial charge on any atom is 0.337 e. The summed E-state index contributed by atoms with van der Waals surface area (Å²) in [6.45, 7) is 8.28. The van der Waals surface area contributed by atoms with Gasteiger partial charge in [0.2, 0.25) is 11.8 Å². The lowest BCUT2D eigenvalue weighted by Gasteiger charge is -2.29. The van der Waals surface area contributed by atoms with Gasteiger partial charge in [0, 0.05) is 37.8 Å². The van der Waals surface area contributed by atoms with Crippen LogP contribution in [0.3, 0.4) is 0 Å². The van der Waals surface area contributed by atoms with Crippen molar-refractivity contribution in [2.24, 2.45) is 5.92 Å². The number of hydrogen-bond acceptors (Lipinski definition) is 8. The van der Waals surface area contributed by atoms with E-state index in [0.29, 0.717) is 19.4 Å². The van der Waals surface area contributed by atoms with Gasteiger partial charge in [0.05, 0.1) is 24.4 Å². The lowest BCUT2D eigenvalue weighted by Crippen LogP contribution is -2.55. The lowest BCUT2D eigenvalue weighted by molar-refractivity contribution is -0.130. The van der Waals surface area contributed by atoms with Gasteiger partial charge < -0.3 is 26.0 Å². The number of likely N-dealkylation sites (N-methyl/N-ethyl adjacent to an activating group) is 1. The van der Waals surface area contributed by atoms with E-state index in [-0.39, 0.29) is 54.2 Å². The second-order valence-electron chi connectivity index (χ2n) is 11.2. The van der Waals surface area contributed by atoms with Crippen LogP contribution < -0.4 is 30.3 Å². The average Bonchev–Trinajstić information content (AvgIpc) is 3.01. The molecular weight excluding hydrogens is 600 g/mol. The van der Waals surface area contributed by atoms with Crippen LogP contribution in [0.25, 0.3) is 0 Å². The lowest BCUT2D eigenvalue weighted by atomic mass is 10.0. The molecule has 0 aliphatic carbocycles. The summed E-state index contributed by atoms with van der Waals surface area (Å²) in [5.41, 5.74) is 1.19. The first-order chi connectivity index (χ1) is 21.4. The number of rotatable bonds is 14. The van der Waals surface area contributed by atoms with Gasteiger partial charge in [-0.2, -0.15) is 13.1 Å².